The molecule has 1 saturated carbocycles. The lowest BCUT2D eigenvalue weighted by atomic mass is 9.82. The Balaban J connectivity index is 0.00000484. The Kier molecular flexibility index (Phi) is 12.0. The molecule has 4 rings (SSSR count). The fraction of sp³-hybridized carbons (Fsp3) is 0.606. The van der Waals surface area contributed by atoms with Gasteiger partial charge in [-0.05, 0) is 83.4 Å². The first-order valence-electron chi connectivity index (χ1n) is 15.1. The van der Waals surface area contributed by atoms with Crippen molar-refractivity contribution in [2.75, 3.05) is 24.5 Å². The molecule has 2 fully saturated rings. The maximum absolute atomic E-state index is 14.3. The quantitative estimate of drug-likeness (QED) is 0.224. The Morgan fingerprint density at radius 1 is 1.00 bits per heavy atom. The van der Waals surface area contributed by atoms with Crippen LogP contribution in [0.3, 0.4) is 0 Å². The van der Waals surface area contributed by atoms with Crippen LogP contribution >= 0.6 is 23.7 Å². The standard InChI is InChI=1S/C33H46N2O5S.ClH/c1-7-34-19-17-26(18-20-34)35(30(36)25-15-13-22(2)14-16-25)27-21-28(24-11-9-8-10-12-24)41-29(27)31(37)39-23(3)40-32(38)33(4,5)6;/h8-12,21-23,25-26H,7,13-20H2,1-6H3;1H. The Morgan fingerprint density at radius 3 is 2.19 bits per heavy atom. The minimum Gasteiger partial charge on any atom is -0.425 e. The number of amides is 1. The van der Waals surface area contributed by atoms with Gasteiger partial charge in [0.1, 0.15) is 4.88 Å². The summed E-state index contributed by atoms with van der Waals surface area (Å²) < 4.78 is 11.1. The Labute approximate surface area is 261 Å². The van der Waals surface area contributed by atoms with Gasteiger partial charge in [0.05, 0.1) is 11.1 Å². The van der Waals surface area contributed by atoms with E-state index in [9.17, 15) is 14.4 Å². The SMILES string of the molecule is CCN1CCC(N(C(=O)C2CCC(C)CC2)c2cc(-c3ccccc3)sc2C(=O)OC(C)OC(=O)C(C)(C)C)CC1.Cl. The van der Waals surface area contributed by atoms with E-state index >= 15 is 0 Å². The molecule has 9 heteroatoms. The first-order valence-corrected chi connectivity index (χ1v) is 16.0. The number of hydrogen-bond donors (Lipinski definition) is 0. The highest BCUT2D eigenvalue weighted by Gasteiger charge is 2.38. The fourth-order valence-corrected chi connectivity index (χ4v) is 6.74. The number of thiophene rings is 1. The van der Waals surface area contributed by atoms with Gasteiger partial charge in [-0.3, -0.25) is 9.59 Å². The molecule has 1 unspecified atom stereocenters. The van der Waals surface area contributed by atoms with Crippen LogP contribution in [0.15, 0.2) is 36.4 Å². The van der Waals surface area contributed by atoms with E-state index in [1.54, 1.807) is 27.7 Å². The molecule has 0 spiro atoms. The first kappa shape index (κ1) is 34.1. The smallest absolute Gasteiger partial charge is 0.353 e. The van der Waals surface area contributed by atoms with Gasteiger partial charge in [-0.15, -0.1) is 23.7 Å². The molecule has 1 amide bonds. The number of ether oxygens (including phenoxy) is 2. The molecule has 1 aliphatic carbocycles. The highest BCUT2D eigenvalue weighted by molar-refractivity contribution is 7.18. The molecule has 1 atom stereocenters. The van der Waals surface area contributed by atoms with Gasteiger partial charge in [0.2, 0.25) is 12.2 Å². The van der Waals surface area contributed by atoms with Gasteiger partial charge in [-0.25, -0.2) is 4.79 Å². The molecular weight excluding hydrogens is 572 g/mol. The minimum absolute atomic E-state index is 0. The van der Waals surface area contributed by atoms with Crippen molar-refractivity contribution in [1.29, 1.82) is 0 Å². The summed E-state index contributed by atoms with van der Waals surface area (Å²) in [5.41, 5.74) is 0.875. The number of benzene rings is 1. The Hall–Kier alpha value is -2.42. The van der Waals surface area contributed by atoms with Crippen LogP contribution in [-0.4, -0.2) is 54.7 Å². The lowest BCUT2D eigenvalue weighted by Gasteiger charge is -2.40. The largest absolute Gasteiger partial charge is 0.425 e. The number of carbonyl (C=O) groups is 3. The number of carbonyl (C=O) groups excluding carboxylic acids is 3. The Morgan fingerprint density at radius 2 is 1.62 bits per heavy atom. The summed E-state index contributed by atoms with van der Waals surface area (Å²) in [4.78, 5) is 46.1. The van der Waals surface area contributed by atoms with Gasteiger partial charge in [0.15, 0.2) is 0 Å². The topological polar surface area (TPSA) is 76.2 Å². The third-order valence-electron chi connectivity index (χ3n) is 8.35. The molecule has 0 radical (unpaired) electrons. The van der Waals surface area contributed by atoms with E-state index in [-0.39, 0.29) is 30.3 Å². The summed E-state index contributed by atoms with van der Waals surface area (Å²) in [7, 11) is 0. The molecule has 1 aliphatic heterocycles. The molecule has 7 nitrogen and oxygen atoms in total. The summed E-state index contributed by atoms with van der Waals surface area (Å²) in [6, 6.07) is 11.9. The average Bonchev–Trinajstić information content (AvgIpc) is 3.39. The van der Waals surface area contributed by atoms with Crippen LogP contribution in [0.1, 0.15) is 89.7 Å². The van der Waals surface area contributed by atoms with Crippen molar-refractivity contribution < 1.29 is 23.9 Å². The number of rotatable bonds is 8. The zero-order valence-corrected chi connectivity index (χ0v) is 27.5. The van der Waals surface area contributed by atoms with Crippen LogP contribution in [-0.2, 0) is 19.1 Å². The van der Waals surface area contributed by atoms with Gasteiger partial charge in [0.25, 0.3) is 0 Å². The van der Waals surface area contributed by atoms with E-state index in [2.05, 4.69) is 18.7 Å². The van der Waals surface area contributed by atoms with Crippen molar-refractivity contribution in [2.24, 2.45) is 17.3 Å². The van der Waals surface area contributed by atoms with Crippen LogP contribution in [0.2, 0.25) is 0 Å². The number of hydrogen-bond acceptors (Lipinski definition) is 7. The molecule has 2 heterocycles. The van der Waals surface area contributed by atoms with Crippen molar-refractivity contribution in [3.63, 3.8) is 0 Å². The van der Waals surface area contributed by atoms with Crippen molar-refractivity contribution in [2.45, 2.75) is 92.4 Å². The van der Waals surface area contributed by atoms with Crippen LogP contribution in [0.4, 0.5) is 5.69 Å². The van der Waals surface area contributed by atoms with Crippen molar-refractivity contribution >= 4 is 47.3 Å². The van der Waals surface area contributed by atoms with Crippen molar-refractivity contribution in [3.05, 3.63) is 41.3 Å². The van der Waals surface area contributed by atoms with Crippen LogP contribution < -0.4 is 4.90 Å². The molecule has 0 bridgehead atoms. The zero-order chi connectivity index (χ0) is 29.7. The number of anilines is 1. The highest BCUT2D eigenvalue weighted by atomic mass is 35.5. The molecule has 1 aromatic heterocycles. The molecule has 0 N–H and O–H groups in total. The summed E-state index contributed by atoms with van der Waals surface area (Å²) in [5.74, 6) is -0.326. The number of nitrogens with zero attached hydrogens (tertiary/aromatic N) is 2. The lowest BCUT2D eigenvalue weighted by Crippen LogP contribution is -2.50. The van der Waals surface area contributed by atoms with Gasteiger partial charge < -0.3 is 19.3 Å². The number of esters is 2. The van der Waals surface area contributed by atoms with Crippen LogP contribution in [0, 0.1) is 17.3 Å². The van der Waals surface area contributed by atoms with Crippen LogP contribution in [0.25, 0.3) is 10.4 Å². The average molecular weight is 619 g/mol. The van der Waals surface area contributed by atoms with Crippen LogP contribution in [0.5, 0.6) is 0 Å². The number of piperidine rings is 1. The maximum Gasteiger partial charge on any atom is 0.353 e. The summed E-state index contributed by atoms with van der Waals surface area (Å²) in [6.07, 6.45) is 4.49. The summed E-state index contributed by atoms with van der Waals surface area (Å²) >= 11 is 1.33. The van der Waals surface area contributed by atoms with E-state index < -0.39 is 23.6 Å². The molecule has 232 valence electrons. The molecule has 2 aliphatic rings. The molecule has 1 aromatic carbocycles. The Bertz CT molecular complexity index is 1190. The van der Waals surface area contributed by atoms with Crippen molar-refractivity contribution in [1.82, 2.24) is 4.90 Å². The summed E-state index contributed by atoms with van der Waals surface area (Å²) in [6.45, 7) is 14.1. The normalized spacial score (nSPS) is 20.7. The lowest BCUT2D eigenvalue weighted by molar-refractivity contribution is -0.174. The fourth-order valence-electron chi connectivity index (χ4n) is 5.70. The first-order chi connectivity index (χ1) is 19.5. The number of halogens is 1. The maximum atomic E-state index is 14.3. The molecular formula is C33H47ClN2O5S. The molecule has 2 aromatic rings. The van der Waals surface area contributed by atoms with Gasteiger partial charge in [0, 0.05) is 36.9 Å². The van der Waals surface area contributed by atoms with E-state index in [1.807, 2.05) is 41.3 Å². The zero-order valence-electron chi connectivity index (χ0n) is 25.9. The molecule has 42 heavy (non-hydrogen) atoms. The predicted octanol–water partition coefficient (Wildman–Crippen LogP) is 7.57. The third-order valence-corrected chi connectivity index (χ3v) is 9.50. The van der Waals surface area contributed by atoms with Gasteiger partial charge in [-0.1, -0.05) is 44.2 Å². The van der Waals surface area contributed by atoms with Gasteiger partial charge in [-0.2, -0.15) is 0 Å². The second kappa shape index (κ2) is 14.8. The van der Waals surface area contributed by atoms with E-state index in [4.69, 9.17) is 9.47 Å². The van der Waals surface area contributed by atoms with E-state index in [1.165, 1.54) is 11.3 Å². The minimum atomic E-state index is -1.05. The predicted molar refractivity (Wildman–Crippen MR) is 171 cm³/mol. The second-order valence-corrected chi connectivity index (χ2v) is 13.7. The number of likely N-dealkylation sites (tertiary alicyclic amines) is 1. The molecule has 1 saturated heterocycles. The third kappa shape index (κ3) is 8.35. The van der Waals surface area contributed by atoms with E-state index in [0.717, 1.165) is 68.6 Å². The monoisotopic (exact) mass is 618 g/mol. The summed E-state index contributed by atoms with van der Waals surface area (Å²) in [5, 5.41) is 0. The van der Waals surface area contributed by atoms with E-state index in [0.29, 0.717) is 16.5 Å². The van der Waals surface area contributed by atoms with Gasteiger partial charge >= 0.3 is 11.9 Å². The highest BCUT2D eigenvalue weighted by Crippen LogP contribution is 2.41. The van der Waals surface area contributed by atoms with Crippen molar-refractivity contribution in [3.8, 4) is 10.4 Å². The second-order valence-electron chi connectivity index (χ2n) is 12.6.